The summed E-state index contributed by atoms with van der Waals surface area (Å²) in [6, 6.07) is 7.67. The van der Waals surface area contributed by atoms with Gasteiger partial charge in [-0.3, -0.25) is 14.5 Å². The molecule has 2 aliphatic heterocycles. The Morgan fingerprint density at radius 1 is 1.25 bits per heavy atom. The van der Waals surface area contributed by atoms with Crippen LogP contribution < -0.4 is 26.0 Å². The fraction of sp³-hybridized carbons (Fsp3) is 0.591. The molecule has 9 nitrogen and oxygen atoms in total. The standard InChI is InChI=1S/C22H33N5O4S/c1-30-10-9-23-22(32)26-16-11-19-21(29)25-13-17(27(19)14-16)5-8-20(28)24-12-15-3-6-18(31-2)7-4-15/h3-4,6-7,16-17,19H,5,8-14H2,1-2H3,(H,24,28)(H,25,29)(H2,23,26,32). The van der Waals surface area contributed by atoms with Gasteiger partial charge in [-0.25, -0.2) is 0 Å². The van der Waals surface area contributed by atoms with Crippen molar-refractivity contribution in [1.82, 2.24) is 26.2 Å². The summed E-state index contributed by atoms with van der Waals surface area (Å²) in [5.41, 5.74) is 1.02. The number of carbonyl (C=O) groups excluding carboxylic acids is 2. The highest BCUT2D eigenvalue weighted by atomic mass is 32.1. The number of nitrogens with one attached hydrogen (secondary N) is 4. The molecule has 2 aliphatic rings. The summed E-state index contributed by atoms with van der Waals surface area (Å²) in [6.07, 6.45) is 1.79. The fourth-order valence-corrected chi connectivity index (χ4v) is 4.45. The maximum Gasteiger partial charge on any atom is 0.237 e. The number of hydrogen-bond donors (Lipinski definition) is 4. The van der Waals surface area contributed by atoms with Crippen molar-refractivity contribution in [3.63, 3.8) is 0 Å². The monoisotopic (exact) mass is 463 g/mol. The number of nitrogens with zero attached hydrogens (tertiary/aromatic N) is 1. The molecule has 2 amide bonds. The predicted molar refractivity (Wildman–Crippen MR) is 125 cm³/mol. The number of methoxy groups -OCH3 is 2. The van der Waals surface area contributed by atoms with Crippen LogP contribution in [0.1, 0.15) is 24.8 Å². The normalized spacial score (nSPS) is 22.6. The van der Waals surface area contributed by atoms with Gasteiger partial charge in [0.2, 0.25) is 11.8 Å². The van der Waals surface area contributed by atoms with Gasteiger partial charge in [0.1, 0.15) is 5.75 Å². The molecule has 0 aliphatic carbocycles. The van der Waals surface area contributed by atoms with Gasteiger partial charge in [0.15, 0.2) is 5.11 Å². The van der Waals surface area contributed by atoms with Gasteiger partial charge in [-0.05, 0) is 42.8 Å². The van der Waals surface area contributed by atoms with Gasteiger partial charge in [0.05, 0.1) is 19.8 Å². The van der Waals surface area contributed by atoms with Crippen molar-refractivity contribution < 1.29 is 19.1 Å². The molecule has 1 aromatic rings. The molecule has 2 fully saturated rings. The van der Waals surface area contributed by atoms with Gasteiger partial charge < -0.3 is 30.7 Å². The number of amides is 2. The quantitative estimate of drug-likeness (QED) is 0.287. The third-order valence-electron chi connectivity index (χ3n) is 5.90. The van der Waals surface area contributed by atoms with Crippen LogP contribution >= 0.6 is 12.2 Å². The Morgan fingerprint density at radius 3 is 2.75 bits per heavy atom. The minimum atomic E-state index is -0.185. The van der Waals surface area contributed by atoms with Crippen molar-refractivity contribution in [1.29, 1.82) is 0 Å². The third kappa shape index (κ3) is 6.78. The minimum absolute atomic E-state index is 0.00617. The Hall–Kier alpha value is -2.43. The lowest BCUT2D eigenvalue weighted by Crippen LogP contribution is -2.58. The Labute approximate surface area is 194 Å². The van der Waals surface area contributed by atoms with E-state index < -0.39 is 0 Å². The van der Waals surface area contributed by atoms with E-state index in [0.29, 0.717) is 50.6 Å². The van der Waals surface area contributed by atoms with Gasteiger partial charge in [-0.15, -0.1) is 0 Å². The number of hydrogen-bond acceptors (Lipinski definition) is 6. The van der Waals surface area contributed by atoms with E-state index >= 15 is 0 Å². The Bertz CT molecular complexity index is 791. The smallest absolute Gasteiger partial charge is 0.237 e. The number of carbonyl (C=O) groups is 2. The van der Waals surface area contributed by atoms with Crippen LogP contribution in [0.5, 0.6) is 5.75 Å². The largest absolute Gasteiger partial charge is 0.497 e. The summed E-state index contributed by atoms with van der Waals surface area (Å²) in [4.78, 5) is 27.0. The first kappa shape index (κ1) is 24.2. The highest BCUT2D eigenvalue weighted by Crippen LogP contribution is 2.25. The first-order valence-electron chi connectivity index (χ1n) is 11.0. The second kappa shape index (κ2) is 12.0. The SMILES string of the molecule is COCCNC(=S)NC1CC2C(=O)NCC(CCC(=O)NCc3ccc(OC)cc3)N2C1. The van der Waals surface area contributed by atoms with Crippen molar-refractivity contribution >= 4 is 29.1 Å². The van der Waals surface area contributed by atoms with Gasteiger partial charge in [0.25, 0.3) is 0 Å². The second-order valence-corrected chi connectivity index (χ2v) is 8.51. The van der Waals surface area contributed by atoms with Crippen LogP contribution in [0.4, 0.5) is 0 Å². The first-order chi connectivity index (χ1) is 15.5. The molecule has 0 aromatic heterocycles. The highest BCUT2D eigenvalue weighted by Gasteiger charge is 2.43. The van der Waals surface area contributed by atoms with Gasteiger partial charge in [-0.1, -0.05) is 12.1 Å². The molecule has 1 aromatic carbocycles. The summed E-state index contributed by atoms with van der Waals surface area (Å²) in [7, 11) is 3.27. The zero-order valence-electron chi connectivity index (χ0n) is 18.7. The van der Waals surface area contributed by atoms with Gasteiger partial charge in [-0.2, -0.15) is 0 Å². The molecule has 10 heteroatoms. The molecule has 2 saturated heterocycles. The van der Waals surface area contributed by atoms with E-state index in [2.05, 4.69) is 26.2 Å². The van der Waals surface area contributed by atoms with Crippen LogP contribution in [0.2, 0.25) is 0 Å². The molecule has 0 saturated carbocycles. The van der Waals surface area contributed by atoms with Crippen LogP contribution in [-0.2, 0) is 20.9 Å². The summed E-state index contributed by atoms with van der Waals surface area (Å²) in [5, 5.41) is 12.9. The van der Waals surface area contributed by atoms with E-state index in [1.165, 1.54) is 0 Å². The van der Waals surface area contributed by atoms with Crippen LogP contribution in [0.15, 0.2) is 24.3 Å². The second-order valence-electron chi connectivity index (χ2n) is 8.10. The van der Waals surface area contributed by atoms with E-state index in [-0.39, 0.29) is 29.9 Å². The molecular formula is C22H33N5O4S. The molecule has 176 valence electrons. The third-order valence-corrected chi connectivity index (χ3v) is 6.17. The van der Waals surface area contributed by atoms with Crippen LogP contribution in [0.25, 0.3) is 0 Å². The molecule has 0 bridgehead atoms. The summed E-state index contributed by atoms with van der Waals surface area (Å²) >= 11 is 5.34. The minimum Gasteiger partial charge on any atom is -0.497 e. The van der Waals surface area contributed by atoms with E-state index in [4.69, 9.17) is 21.7 Å². The summed E-state index contributed by atoms with van der Waals surface area (Å²) in [6.45, 7) is 2.98. The molecule has 3 atom stereocenters. The lowest BCUT2D eigenvalue weighted by molar-refractivity contribution is -0.129. The topological polar surface area (TPSA) is 104 Å². The average molecular weight is 464 g/mol. The van der Waals surface area contributed by atoms with Crippen molar-refractivity contribution in [2.75, 3.05) is 40.5 Å². The van der Waals surface area contributed by atoms with E-state index in [1.807, 2.05) is 24.3 Å². The number of fused-ring (bicyclic) bond motifs is 1. The molecule has 3 rings (SSSR count). The summed E-state index contributed by atoms with van der Waals surface area (Å²) < 4.78 is 10.2. The molecule has 3 unspecified atom stereocenters. The summed E-state index contributed by atoms with van der Waals surface area (Å²) in [5.74, 6) is 0.846. The zero-order chi connectivity index (χ0) is 22.9. The number of piperazine rings is 1. The molecule has 4 N–H and O–H groups in total. The van der Waals surface area contributed by atoms with E-state index in [9.17, 15) is 9.59 Å². The van der Waals surface area contributed by atoms with Crippen LogP contribution in [0, 0.1) is 0 Å². The lowest BCUT2D eigenvalue weighted by atomic mass is 10.0. The van der Waals surface area contributed by atoms with Gasteiger partial charge >= 0.3 is 0 Å². The van der Waals surface area contributed by atoms with Crippen molar-refractivity contribution in [3.05, 3.63) is 29.8 Å². The Balaban J connectivity index is 1.44. The van der Waals surface area contributed by atoms with Crippen LogP contribution in [0.3, 0.4) is 0 Å². The van der Waals surface area contributed by atoms with Gasteiger partial charge in [0, 0.05) is 51.8 Å². The van der Waals surface area contributed by atoms with Crippen LogP contribution in [-0.4, -0.2) is 80.4 Å². The maximum atomic E-state index is 12.4. The number of rotatable bonds is 10. The van der Waals surface area contributed by atoms with E-state index in [1.54, 1.807) is 14.2 Å². The molecular weight excluding hydrogens is 430 g/mol. The van der Waals surface area contributed by atoms with Crippen molar-refractivity contribution in [2.45, 2.75) is 43.9 Å². The molecule has 2 heterocycles. The predicted octanol–water partition coefficient (Wildman–Crippen LogP) is 0.143. The highest BCUT2D eigenvalue weighted by molar-refractivity contribution is 7.80. The number of benzene rings is 1. The maximum absolute atomic E-state index is 12.4. The van der Waals surface area contributed by atoms with Crippen molar-refractivity contribution in [2.24, 2.45) is 0 Å². The zero-order valence-corrected chi connectivity index (χ0v) is 19.5. The van der Waals surface area contributed by atoms with Crippen molar-refractivity contribution in [3.8, 4) is 5.75 Å². The molecule has 0 spiro atoms. The molecule has 0 radical (unpaired) electrons. The molecule has 32 heavy (non-hydrogen) atoms. The Morgan fingerprint density at radius 2 is 2.03 bits per heavy atom. The van der Waals surface area contributed by atoms with E-state index in [0.717, 1.165) is 17.9 Å². The average Bonchev–Trinajstić information content (AvgIpc) is 3.22. The Kier molecular flexibility index (Phi) is 9.07. The number of ether oxygens (including phenoxy) is 2. The lowest BCUT2D eigenvalue weighted by Gasteiger charge is -2.37. The number of thiocarbonyl (C=S) groups is 1. The fourth-order valence-electron chi connectivity index (χ4n) is 4.18. The first-order valence-corrected chi connectivity index (χ1v) is 11.4.